The van der Waals surface area contributed by atoms with Crippen LogP contribution in [-0.2, 0) is 6.42 Å². The topological polar surface area (TPSA) is 3.24 Å². The zero-order valence-electron chi connectivity index (χ0n) is 9.33. The molecule has 1 nitrogen and oxygen atoms in total. The molecule has 0 heterocycles. The minimum atomic E-state index is 1.11. The SMILES string of the molecule is C/C=C/c1ccccc1CCN(C)C. The van der Waals surface area contributed by atoms with Crippen molar-refractivity contribution in [2.45, 2.75) is 13.3 Å². The van der Waals surface area contributed by atoms with Gasteiger partial charge in [0.25, 0.3) is 0 Å². The largest absolute Gasteiger partial charge is 0.309 e. The average molecular weight is 189 g/mol. The van der Waals surface area contributed by atoms with Crippen molar-refractivity contribution in [3.8, 4) is 0 Å². The second-order valence-electron chi connectivity index (χ2n) is 3.75. The van der Waals surface area contributed by atoms with E-state index in [4.69, 9.17) is 0 Å². The number of hydrogen-bond donors (Lipinski definition) is 0. The molecule has 1 rings (SSSR count). The van der Waals surface area contributed by atoms with Crippen LogP contribution in [0.5, 0.6) is 0 Å². The number of rotatable bonds is 4. The molecular weight excluding hydrogens is 170 g/mol. The molecule has 0 radical (unpaired) electrons. The molecule has 0 atom stereocenters. The molecule has 0 fully saturated rings. The number of likely N-dealkylation sites (N-methyl/N-ethyl adjacent to an activating group) is 1. The van der Waals surface area contributed by atoms with Crippen LogP contribution < -0.4 is 0 Å². The van der Waals surface area contributed by atoms with E-state index in [0.717, 1.165) is 13.0 Å². The molecule has 0 aliphatic heterocycles. The molecule has 14 heavy (non-hydrogen) atoms. The fraction of sp³-hybridized carbons (Fsp3) is 0.385. The van der Waals surface area contributed by atoms with Gasteiger partial charge in [-0.25, -0.2) is 0 Å². The molecule has 1 aromatic rings. The van der Waals surface area contributed by atoms with Crippen molar-refractivity contribution in [3.05, 3.63) is 41.5 Å². The number of benzene rings is 1. The summed E-state index contributed by atoms with van der Waals surface area (Å²) in [6, 6.07) is 8.58. The van der Waals surface area contributed by atoms with Gasteiger partial charge in [-0.2, -0.15) is 0 Å². The quantitative estimate of drug-likeness (QED) is 0.704. The molecule has 0 saturated carbocycles. The van der Waals surface area contributed by atoms with E-state index >= 15 is 0 Å². The molecule has 1 heteroatoms. The second-order valence-corrected chi connectivity index (χ2v) is 3.75. The number of nitrogens with zero attached hydrogens (tertiary/aromatic N) is 1. The third-order valence-corrected chi connectivity index (χ3v) is 2.23. The van der Waals surface area contributed by atoms with E-state index in [1.807, 2.05) is 0 Å². The predicted molar refractivity (Wildman–Crippen MR) is 63.4 cm³/mol. The van der Waals surface area contributed by atoms with Crippen LogP contribution in [0.2, 0.25) is 0 Å². The zero-order chi connectivity index (χ0) is 10.4. The van der Waals surface area contributed by atoms with Crippen LogP contribution in [0.4, 0.5) is 0 Å². The summed E-state index contributed by atoms with van der Waals surface area (Å²) in [5.74, 6) is 0. The maximum Gasteiger partial charge on any atom is 0.00159 e. The molecule has 0 unspecified atom stereocenters. The van der Waals surface area contributed by atoms with Gasteiger partial charge in [0.1, 0.15) is 0 Å². The normalized spacial score (nSPS) is 11.4. The lowest BCUT2D eigenvalue weighted by atomic mass is 10.0. The Morgan fingerprint density at radius 2 is 1.93 bits per heavy atom. The van der Waals surface area contributed by atoms with Crippen molar-refractivity contribution in [2.24, 2.45) is 0 Å². The molecule has 0 spiro atoms. The van der Waals surface area contributed by atoms with Crippen LogP contribution in [0.3, 0.4) is 0 Å². The molecule has 0 bridgehead atoms. The molecule has 0 saturated heterocycles. The third kappa shape index (κ3) is 3.35. The fourth-order valence-electron chi connectivity index (χ4n) is 1.45. The Labute approximate surface area is 87.1 Å². The minimum Gasteiger partial charge on any atom is -0.309 e. The van der Waals surface area contributed by atoms with Crippen molar-refractivity contribution >= 4 is 6.08 Å². The maximum atomic E-state index is 2.21. The Bertz CT molecular complexity index is 300. The zero-order valence-corrected chi connectivity index (χ0v) is 9.33. The first kappa shape index (κ1) is 11.0. The van der Waals surface area contributed by atoms with E-state index in [2.05, 4.69) is 62.3 Å². The lowest BCUT2D eigenvalue weighted by molar-refractivity contribution is 0.413. The summed E-state index contributed by atoms with van der Waals surface area (Å²) in [6.45, 7) is 3.16. The van der Waals surface area contributed by atoms with Gasteiger partial charge in [-0.3, -0.25) is 0 Å². The van der Waals surface area contributed by atoms with Crippen LogP contribution in [0.1, 0.15) is 18.1 Å². The average Bonchev–Trinajstić information content (AvgIpc) is 2.17. The van der Waals surface area contributed by atoms with Crippen molar-refractivity contribution < 1.29 is 0 Å². The Morgan fingerprint density at radius 3 is 2.57 bits per heavy atom. The van der Waals surface area contributed by atoms with Gasteiger partial charge in [0.2, 0.25) is 0 Å². The number of hydrogen-bond acceptors (Lipinski definition) is 1. The van der Waals surface area contributed by atoms with Gasteiger partial charge in [0, 0.05) is 6.54 Å². The van der Waals surface area contributed by atoms with Crippen LogP contribution in [0, 0.1) is 0 Å². The highest BCUT2D eigenvalue weighted by Gasteiger charge is 1.98. The molecule has 0 aliphatic carbocycles. The van der Waals surface area contributed by atoms with Crippen molar-refractivity contribution in [1.29, 1.82) is 0 Å². The van der Waals surface area contributed by atoms with E-state index in [-0.39, 0.29) is 0 Å². The van der Waals surface area contributed by atoms with E-state index < -0.39 is 0 Å². The monoisotopic (exact) mass is 189 g/mol. The van der Waals surface area contributed by atoms with Crippen LogP contribution in [0.15, 0.2) is 30.3 Å². The van der Waals surface area contributed by atoms with Gasteiger partial charge in [0.15, 0.2) is 0 Å². The van der Waals surface area contributed by atoms with E-state index in [1.165, 1.54) is 11.1 Å². The summed E-state index contributed by atoms with van der Waals surface area (Å²) >= 11 is 0. The smallest absolute Gasteiger partial charge is 0.00159 e. The summed E-state index contributed by atoms with van der Waals surface area (Å²) in [5, 5.41) is 0. The summed E-state index contributed by atoms with van der Waals surface area (Å²) in [6.07, 6.45) is 5.38. The maximum absolute atomic E-state index is 2.21. The highest BCUT2D eigenvalue weighted by atomic mass is 15.0. The number of allylic oxidation sites excluding steroid dienone is 1. The standard InChI is InChI=1S/C13H19N/c1-4-7-12-8-5-6-9-13(12)10-11-14(2)3/h4-9H,10-11H2,1-3H3/b7-4+. The Kier molecular flexibility index (Phi) is 4.41. The van der Waals surface area contributed by atoms with Gasteiger partial charge < -0.3 is 4.90 Å². The van der Waals surface area contributed by atoms with E-state index in [0.29, 0.717) is 0 Å². The van der Waals surface area contributed by atoms with E-state index in [9.17, 15) is 0 Å². The Hall–Kier alpha value is -1.08. The van der Waals surface area contributed by atoms with Gasteiger partial charge in [-0.05, 0) is 38.6 Å². The van der Waals surface area contributed by atoms with E-state index in [1.54, 1.807) is 0 Å². The molecular formula is C13H19N. The second kappa shape index (κ2) is 5.61. The lowest BCUT2D eigenvalue weighted by Crippen LogP contribution is -2.15. The molecule has 76 valence electrons. The first-order chi connectivity index (χ1) is 6.74. The molecule has 0 N–H and O–H groups in total. The molecule has 0 amide bonds. The van der Waals surface area contributed by atoms with Gasteiger partial charge in [-0.1, -0.05) is 36.4 Å². The van der Waals surface area contributed by atoms with Crippen molar-refractivity contribution in [3.63, 3.8) is 0 Å². The summed E-state index contributed by atoms with van der Waals surface area (Å²) in [5.41, 5.74) is 2.77. The van der Waals surface area contributed by atoms with Gasteiger partial charge in [-0.15, -0.1) is 0 Å². The highest BCUT2D eigenvalue weighted by Crippen LogP contribution is 2.11. The Balaban J connectivity index is 2.74. The predicted octanol–water partition coefficient (Wildman–Crippen LogP) is 2.82. The fourth-order valence-corrected chi connectivity index (χ4v) is 1.45. The van der Waals surface area contributed by atoms with Crippen molar-refractivity contribution in [1.82, 2.24) is 4.90 Å². The van der Waals surface area contributed by atoms with Gasteiger partial charge in [0.05, 0.1) is 0 Å². The van der Waals surface area contributed by atoms with Crippen LogP contribution in [0.25, 0.3) is 6.08 Å². The minimum absolute atomic E-state index is 1.11. The summed E-state index contributed by atoms with van der Waals surface area (Å²) < 4.78 is 0. The third-order valence-electron chi connectivity index (χ3n) is 2.23. The van der Waals surface area contributed by atoms with Crippen LogP contribution >= 0.6 is 0 Å². The highest BCUT2D eigenvalue weighted by molar-refractivity contribution is 5.53. The molecule has 0 aliphatic rings. The molecule has 0 aromatic heterocycles. The summed E-state index contributed by atoms with van der Waals surface area (Å²) in [4.78, 5) is 2.21. The Morgan fingerprint density at radius 1 is 1.21 bits per heavy atom. The first-order valence-corrected chi connectivity index (χ1v) is 5.09. The first-order valence-electron chi connectivity index (χ1n) is 5.09. The van der Waals surface area contributed by atoms with Crippen molar-refractivity contribution in [2.75, 3.05) is 20.6 Å². The van der Waals surface area contributed by atoms with Crippen LogP contribution in [-0.4, -0.2) is 25.5 Å². The van der Waals surface area contributed by atoms with Gasteiger partial charge >= 0.3 is 0 Å². The lowest BCUT2D eigenvalue weighted by Gasteiger charge is -2.10. The molecule has 1 aromatic carbocycles. The summed E-state index contributed by atoms with van der Waals surface area (Å²) in [7, 11) is 4.22.